The van der Waals surface area contributed by atoms with Crippen LogP contribution in [0.15, 0.2) is 127 Å². The third kappa shape index (κ3) is 8.80. The van der Waals surface area contributed by atoms with E-state index in [-0.39, 0.29) is 26.2 Å². The number of fused-ring (bicyclic) bond motifs is 1. The van der Waals surface area contributed by atoms with Crippen LogP contribution in [0.1, 0.15) is 16.7 Å². The molecule has 2 N–H and O–H groups in total. The summed E-state index contributed by atoms with van der Waals surface area (Å²) in [7, 11) is 1.42. The highest BCUT2D eigenvalue weighted by Crippen LogP contribution is 2.25. The highest BCUT2D eigenvalue weighted by atomic mass is 16.5. The van der Waals surface area contributed by atoms with E-state index in [9.17, 15) is 19.5 Å². The van der Waals surface area contributed by atoms with Crippen molar-refractivity contribution in [2.24, 2.45) is 0 Å². The van der Waals surface area contributed by atoms with Crippen LogP contribution >= 0.6 is 0 Å². The van der Waals surface area contributed by atoms with Crippen molar-refractivity contribution in [3.8, 4) is 11.1 Å². The number of rotatable bonds is 12. The highest BCUT2D eigenvalue weighted by molar-refractivity contribution is 5.87. The van der Waals surface area contributed by atoms with Crippen LogP contribution in [0.25, 0.3) is 21.9 Å². The zero-order valence-electron chi connectivity index (χ0n) is 25.5. The van der Waals surface area contributed by atoms with Gasteiger partial charge in [0.1, 0.15) is 19.3 Å². The van der Waals surface area contributed by atoms with Crippen LogP contribution in [0.4, 0.5) is 4.79 Å². The minimum absolute atomic E-state index is 0.00161. The van der Waals surface area contributed by atoms with E-state index in [1.54, 1.807) is 12.1 Å². The Kier molecular flexibility index (Phi) is 10.8. The number of hydrogen-bond donors (Lipinski definition) is 2. The Bertz CT molecular complexity index is 1760. The molecule has 234 valence electrons. The fourth-order valence-electron chi connectivity index (χ4n) is 4.96. The number of carbonyl (C=O) groups is 3. The van der Waals surface area contributed by atoms with Crippen LogP contribution in [-0.4, -0.2) is 53.7 Å². The Labute approximate surface area is 268 Å². The van der Waals surface area contributed by atoms with Gasteiger partial charge in [0.05, 0.1) is 6.54 Å². The van der Waals surface area contributed by atoms with Crippen LogP contribution < -0.4 is 5.32 Å². The number of benzene rings is 5. The number of nitrogens with one attached hydrogen (secondary N) is 1. The lowest BCUT2D eigenvalue weighted by molar-refractivity contribution is -0.155. The summed E-state index contributed by atoms with van der Waals surface area (Å²) in [6.45, 7) is -0.276. The first-order valence-corrected chi connectivity index (χ1v) is 15.0. The van der Waals surface area contributed by atoms with E-state index in [2.05, 4.69) is 35.6 Å². The molecule has 2 amide bonds. The predicted octanol–water partition coefficient (Wildman–Crippen LogP) is 5.91. The van der Waals surface area contributed by atoms with E-state index >= 15 is 0 Å². The first-order chi connectivity index (χ1) is 22.4. The molecule has 8 nitrogen and oxygen atoms in total. The van der Waals surface area contributed by atoms with Gasteiger partial charge in [-0.15, -0.1) is 0 Å². The fraction of sp³-hybridized carbons (Fsp3) is 0.184. The number of aliphatic hydroxyl groups excluding tert-OH is 1. The number of urea groups is 1. The highest BCUT2D eigenvalue weighted by Gasteiger charge is 2.27. The van der Waals surface area contributed by atoms with Gasteiger partial charge < -0.3 is 24.8 Å². The zero-order chi connectivity index (χ0) is 32.3. The largest absolute Gasteiger partial charge is 0.459 e. The smallest absolute Gasteiger partial charge is 0.337 e. The number of likely N-dealkylation sites (N-methyl/N-ethyl adjacent to an activating group) is 1. The summed E-state index contributed by atoms with van der Waals surface area (Å²) in [5.74, 6) is -1.46. The van der Waals surface area contributed by atoms with Crippen LogP contribution in [0.3, 0.4) is 0 Å². The maximum absolute atomic E-state index is 13.3. The molecular weight excluding hydrogens is 580 g/mol. The second kappa shape index (κ2) is 15.5. The number of ether oxygens (including phenoxy) is 2. The summed E-state index contributed by atoms with van der Waals surface area (Å²) < 4.78 is 10.8. The maximum atomic E-state index is 13.3. The lowest BCUT2D eigenvalue weighted by Gasteiger charge is -2.24. The van der Waals surface area contributed by atoms with Crippen molar-refractivity contribution in [3.05, 3.63) is 144 Å². The lowest BCUT2D eigenvalue weighted by atomic mass is 9.98. The molecular formula is C38H36N2O6. The molecule has 0 aliphatic rings. The van der Waals surface area contributed by atoms with Gasteiger partial charge >= 0.3 is 18.0 Å². The zero-order valence-corrected chi connectivity index (χ0v) is 25.5. The predicted molar refractivity (Wildman–Crippen MR) is 177 cm³/mol. The molecule has 0 aliphatic heterocycles. The quantitative estimate of drug-likeness (QED) is 0.169. The van der Waals surface area contributed by atoms with Gasteiger partial charge in [-0.2, -0.15) is 0 Å². The number of hydrogen-bond acceptors (Lipinski definition) is 6. The molecule has 1 unspecified atom stereocenters. The molecule has 5 aromatic carbocycles. The molecule has 46 heavy (non-hydrogen) atoms. The monoisotopic (exact) mass is 616 g/mol. The second-order valence-electron chi connectivity index (χ2n) is 11.0. The number of carbonyl (C=O) groups excluding carboxylic acids is 3. The van der Waals surface area contributed by atoms with Gasteiger partial charge in [-0.05, 0) is 44.7 Å². The standard InChI is InChI=1S/C38H36N2O6/c1-40(24-35(41)37(43)46-26-29-12-6-3-7-13-29)38(44)39-34(36(42)45-25-28-10-4-2-5-11-28)22-27-16-18-31(19-17-27)33-21-20-30-14-8-9-15-32(30)23-33/h2-21,23,34-35,41H,22,24-26H2,1H3,(H,39,44)/t34-,35?/m0/s1. The number of aliphatic hydroxyl groups is 1. The van der Waals surface area contributed by atoms with Crippen molar-refractivity contribution in [3.63, 3.8) is 0 Å². The lowest BCUT2D eigenvalue weighted by Crippen LogP contribution is -2.50. The molecule has 0 saturated heterocycles. The molecule has 0 fully saturated rings. The molecule has 5 rings (SSSR count). The van der Waals surface area contributed by atoms with E-state index in [1.165, 1.54) is 7.05 Å². The van der Waals surface area contributed by atoms with E-state index in [4.69, 9.17) is 9.47 Å². The van der Waals surface area contributed by atoms with Crippen LogP contribution in [0.2, 0.25) is 0 Å². The molecule has 0 aliphatic carbocycles. The van der Waals surface area contributed by atoms with Crippen LogP contribution in [-0.2, 0) is 38.7 Å². The van der Waals surface area contributed by atoms with Gasteiger partial charge in [-0.3, -0.25) is 0 Å². The van der Waals surface area contributed by atoms with Crippen LogP contribution in [0, 0.1) is 0 Å². The molecule has 0 aromatic heterocycles. The van der Waals surface area contributed by atoms with Crippen molar-refractivity contribution in [1.82, 2.24) is 10.2 Å². The van der Waals surface area contributed by atoms with E-state index in [1.807, 2.05) is 84.9 Å². The van der Waals surface area contributed by atoms with Gasteiger partial charge in [0.25, 0.3) is 0 Å². The normalized spacial score (nSPS) is 12.1. The van der Waals surface area contributed by atoms with Crippen molar-refractivity contribution >= 4 is 28.7 Å². The number of nitrogens with zero attached hydrogens (tertiary/aromatic N) is 1. The third-order valence-corrected chi connectivity index (χ3v) is 7.57. The molecule has 0 bridgehead atoms. The number of esters is 2. The molecule has 2 atom stereocenters. The van der Waals surface area contributed by atoms with E-state index < -0.39 is 30.1 Å². The van der Waals surface area contributed by atoms with E-state index in [0.29, 0.717) is 0 Å². The molecule has 8 heteroatoms. The van der Waals surface area contributed by atoms with Gasteiger partial charge in [0.2, 0.25) is 0 Å². The summed E-state index contributed by atoms with van der Waals surface area (Å²) in [6, 6.07) is 38.9. The van der Waals surface area contributed by atoms with Crippen molar-refractivity contribution in [1.29, 1.82) is 0 Å². The average Bonchev–Trinajstić information content (AvgIpc) is 3.10. The maximum Gasteiger partial charge on any atom is 0.337 e. The molecule has 0 saturated carbocycles. The summed E-state index contributed by atoms with van der Waals surface area (Å²) >= 11 is 0. The molecule has 5 aromatic rings. The topological polar surface area (TPSA) is 105 Å². The third-order valence-electron chi connectivity index (χ3n) is 7.57. The van der Waals surface area contributed by atoms with Crippen LogP contribution in [0.5, 0.6) is 0 Å². The SMILES string of the molecule is CN(CC(O)C(=O)OCc1ccccc1)C(=O)N[C@@H](Cc1ccc(-c2ccc3ccccc3c2)cc1)C(=O)OCc1ccccc1. The van der Waals surface area contributed by atoms with E-state index in [0.717, 1.165) is 43.5 Å². The Morgan fingerprint density at radius 2 is 1.20 bits per heavy atom. The first kappa shape index (κ1) is 31.9. The Morgan fingerprint density at radius 3 is 1.83 bits per heavy atom. The van der Waals surface area contributed by atoms with Gasteiger partial charge in [-0.1, -0.05) is 121 Å². The Hall–Kier alpha value is -5.47. The minimum Gasteiger partial charge on any atom is -0.459 e. The van der Waals surface area contributed by atoms with Gasteiger partial charge in [-0.25, -0.2) is 14.4 Å². The molecule has 0 heterocycles. The number of amides is 2. The molecule has 0 radical (unpaired) electrons. The fourth-order valence-corrected chi connectivity index (χ4v) is 4.96. The first-order valence-electron chi connectivity index (χ1n) is 15.0. The van der Waals surface area contributed by atoms with Gasteiger partial charge in [0.15, 0.2) is 6.10 Å². The summed E-state index contributed by atoms with van der Waals surface area (Å²) in [6.07, 6.45) is -1.39. The summed E-state index contributed by atoms with van der Waals surface area (Å²) in [5, 5.41) is 15.4. The summed E-state index contributed by atoms with van der Waals surface area (Å²) in [4.78, 5) is 39.9. The Morgan fingerprint density at radius 1 is 0.652 bits per heavy atom. The molecule has 0 spiro atoms. The van der Waals surface area contributed by atoms with Crippen molar-refractivity contribution < 1.29 is 29.0 Å². The minimum atomic E-state index is -1.56. The van der Waals surface area contributed by atoms with Gasteiger partial charge in [0, 0.05) is 13.5 Å². The second-order valence-corrected chi connectivity index (χ2v) is 11.0. The van der Waals surface area contributed by atoms with Crippen molar-refractivity contribution in [2.75, 3.05) is 13.6 Å². The summed E-state index contributed by atoms with van der Waals surface area (Å²) in [5.41, 5.74) is 4.50. The average molecular weight is 617 g/mol. The van der Waals surface area contributed by atoms with Crippen molar-refractivity contribution in [2.45, 2.75) is 31.8 Å². The Balaban J connectivity index is 1.23.